The Morgan fingerprint density at radius 2 is 1.83 bits per heavy atom. The van der Waals surface area contributed by atoms with Gasteiger partial charge >= 0.3 is 6.18 Å². The molecule has 36 heavy (non-hydrogen) atoms. The molecule has 2 N–H and O–H groups in total. The summed E-state index contributed by atoms with van der Waals surface area (Å²) < 4.78 is 39.8. The van der Waals surface area contributed by atoms with Crippen LogP contribution < -0.4 is 5.32 Å². The Labute approximate surface area is 212 Å². The molecule has 4 aromatic rings. The summed E-state index contributed by atoms with van der Waals surface area (Å²) in [5.41, 5.74) is 2.94. The number of benzene rings is 2. The van der Waals surface area contributed by atoms with Gasteiger partial charge < -0.3 is 5.32 Å². The van der Waals surface area contributed by atoms with E-state index in [1.54, 1.807) is 6.07 Å². The van der Waals surface area contributed by atoms with E-state index in [-0.39, 0.29) is 6.04 Å². The molecule has 6 nitrogen and oxygen atoms in total. The maximum atomic E-state index is 13.3. The van der Waals surface area contributed by atoms with E-state index < -0.39 is 11.7 Å². The van der Waals surface area contributed by atoms with Gasteiger partial charge in [0.25, 0.3) is 0 Å². The molecule has 0 amide bonds. The van der Waals surface area contributed by atoms with E-state index in [1.165, 1.54) is 23.5 Å². The highest BCUT2D eigenvalue weighted by atomic mass is 32.1. The Kier molecular flexibility index (Phi) is 8.25. The van der Waals surface area contributed by atoms with Gasteiger partial charge in [-0.3, -0.25) is 10.00 Å². The van der Waals surface area contributed by atoms with E-state index in [9.17, 15) is 13.2 Å². The lowest BCUT2D eigenvalue weighted by molar-refractivity contribution is -0.137. The first kappa shape index (κ1) is 26.1. The predicted octanol–water partition coefficient (Wildman–Crippen LogP) is 6.55. The average molecular weight is 517 g/mol. The van der Waals surface area contributed by atoms with Gasteiger partial charge in [0, 0.05) is 29.2 Å². The Morgan fingerprint density at radius 3 is 2.56 bits per heavy atom. The molecule has 2 aromatic heterocycles. The number of aromatic nitrogens is 4. The zero-order valence-electron chi connectivity index (χ0n) is 20.7. The third kappa shape index (κ3) is 6.22. The van der Waals surface area contributed by atoms with E-state index in [4.69, 9.17) is 0 Å². The van der Waals surface area contributed by atoms with E-state index in [0.29, 0.717) is 23.7 Å². The third-order valence-corrected chi connectivity index (χ3v) is 7.10. The number of nitrogens with zero attached hydrogens (tertiary/aromatic N) is 4. The average Bonchev–Trinajstić information content (AvgIpc) is 3.48. The Hall–Kier alpha value is -2.98. The zero-order valence-corrected chi connectivity index (χ0v) is 21.5. The summed E-state index contributed by atoms with van der Waals surface area (Å²) in [7, 11) is 0. The summed E-state index contributed by atoms with van der Waals surface area (Å²) in [5.74, 6) is 0. The number of fused-ring (bicyclic) bond motifs is 1. The van der Waals surface area contributed by atoms with Crippen molar-refractivity contribution in [1.82, 2.24) is 25.3 Å². The molecule has 0 fully saturated rings. The predicted molar refractivity (Wildman–Crippen MR) is 139 cm³/mol. The number of hydrogen-bond acceptors (Lipinski definition) is 6. The number of aromatic amines is 1. The van der Waals surface area contributed by atoms with Crippen molar-refractivity contribution in [2.24, 2.45) is 0 Å². The Morgan fingerprint density at radius 1 is 1.06 bits per heavy atom. The van der Waals surface area contributed by atoms with Crippen LogP contribution in [0.25, 0.3) is 21.5 Å². The van der Waals surface area contributed by atoms with Crippen LogP contribution in [-0.2, 0) is 12.6 Å². The van der Waals surface area contributed by atoms with Gasteiger partial charge in [-0.2, -0.15) is 18.3 Å². The van der Waals surface area contributed by atoms with Crippen LogP contribution in [0.1, 0.15) is 43.5 Å². The van der Waals surface area contributed by atoms with Crippen molar-refractivity contribution >= 4 is 27.4 Å². The van der Waals surface area contributed by atoms with Gasteiger partial charge in [-0.1, -0.05) is 43.4 Å². The van der Waals surface area contributed by atoms with Gasteiger partial charge in [-0.15, -0.1) is 10.2 Å². The zero-order chi connectivity index (χ0) is 25.7. The molecule has 4 rings (SSSR count). The van der Waals surface area contributed by atoms with Gasteiger partial charge in [0.1, 0.15) is 5.01 Å². The fourth-order valence-electron chi connectivity index (χ4n) is 4.42. The topological polar surface area (TPSA) is 69.7 Å². The molecule has 0 saturated heterocycles. The minimum absolute atomic E-state index is 0.0191. The summed E-state index contributed by atoms with van der Waals surface area (Å²) in [5, 5.41) is 21.9. The van der Waals surface area contributed by atoms with Gasteiger partial charge in [0.15, 0.2) is 0 Å². The summed E-state index contributed by atoms with van der Waals surface area (Å²) in [4.78, 5) is 2.35. The molecule has 10 heteroatoms. The van der Waals surface area contributed by atoms with Crippen LogP contribution in [-0.4, -0.2) is 51.0 Å². The van der Waals surface area contributed by atoms with Crippen LogP contribution in [0.15, 0.2) is 42.5 Å². The van der Waals surface area contributed by atoms with Crippen molar-refractivity contribution in [2.45, 2.75) is 52.3 Å². The van der Waals surface area contributed by atoms with Crippen molar-refractivity contribution in [2.75, 3.05) is 25.0 Å². The lowest BCUT2D eigenvalue weighted by Crippen LogP contribution is -2.42. The largest absolute Gasteiger partial charge is 0.416 e. The lowest BCUT2D eigenvalue weighted by atomic mass is 10.0. The normalized spacial score (nSPS) is 13.0. The fraction of sp³-hybridized carbons (Fsp3) is 0.423. The van der Waals surface area contributed by atoms with Crippen molar-refractivity contribution in [3.05, 3.63) is 59.3 Å². The molecule has 2 heterocycles. The Balaban J connectivity index is 1.51. The highest BCUT2D eigenvalue weighted by Gasteiger charge is 2.30. The summed E-state index contributed by atoms with van der Waals surface area (Å²) in [6, 6.07) is 11.7. The van der Waals surface area contributed by atoms with Crippen molar-refractivity contribution in [1.29, 1.82) is 0 Å². The van der Waals surface area contributed by atoms with Crippen molar-refractivity contribution in [3.63, 3.8) is 0 Å². The molecular weight excluding hydrogens is 485 g/mol. The second-order valence-electron chi connectivity index (χ2n) is 8.97. The smallest absolute Gasteiger partial charge is 0.358 e. The van der Waals surface area contributed by atoms with Crippen LogP contribution in [0.3, 0.4) is 0 Å². The van der Waals surface area contributed by atoms with Crippen LogP contribution in [0.4, 0.5) is 18.3 Å². The maximum absolute atomic E-state index is 13.3. The minimum Gasteiger partial charge on any atom is -0.358 e. The van der Waals surface area contributed by atoms with Crippen LogP contribution in [0.2, 0.25) is 0 Å². The highest BCUT2D eigenvalue weighted by molar-refractivity contribution is 7.18. The molecule has 0 aliphatic carbocycles. The Bertz CT molecular complexity index is 1280. The first-order valence-corrected chi connectivity index (χ1v) is 13.0. The number of nitrogens with one attached hydrogen (secondary N) is 2. The van der Waals surface area contributed by atoms with E-state index in [2.05, 4.69) is 50.5 Å². The molecule has 0 spiro atoms. The highest BCUT2D eigenvalue weighted by Crippen LogP contribution is 2.31. The van der Waals surface area contributed by atoms with Gasteiger partial charge in [0.05, 0.1) is 11.1 Å². The molecule has 0 radical (unpaired) electrons. The number of rotatable bonds is 11. The number of aryl methyl sites for hydroxylation is 1. The monoisotopic (exact) mass is 516 g/mol. The minimum atomic E-state index is -4.35. The summed E-state index contributed by atoms with van der Waals surface area (Å²) >= 11 is 1.46. The molecule has 0 aliphatic heterocycles. The first-order chi connectivity index (χ1) is 17.3. The molecule has 0 saturated carbocycles. The molecule has 2 aromatic carbocycles. The standard InChI is InChI=1S/C26H31F3N6S/c1-4-11-35(12-5-2)21(14-18-7-6-8-20(13-18)26(27,28)29)16-30-25-34-33-24(36-25)19-9-10-23-22(15-19)17(3)31-32-23/h6-10,13,15,21H,4-5,11-12,14,16H2,1-3H3,(H,30,34)(H,31,32). The van der Waals surface area contributed by atoms with Crippen molar-refractivity contribution < 1.29 is 13.2 Å². The SMILES string of the molecule is CCCN(CCC)C(CNc1nnc(-c2ccc3n[nH]c(C)c3c2)s1)Cc1cccc(C(F)(F)F)c1. The number of anilines is 1. The quantitative estimate of drug-likeness (QED) is 0.236. The lowest BCUT2D eigenvalue weighted by Gasteiger charge is -2.31. The fourth-order valence-corrected chi connectivity index (χ4v) is 5.16. The third-order valence-electron chi connectivity index (χ3n) is 6.17. The maximum Gasteiger partial charge on any atom is 0.416 e. The summed E-state index contributed by atoms with van der Waals surface area (Å²) in [6.07, 6.45) is -1.90. The van der Waals surface area contributed by atoms with Crippen LogP contribution in [0, 0.1) is 6.92 Å². The molecule has 1 unspecified atom stereocenters. The number of hydrogen-bond donors (Lipinski definition) is 2. The molecule has 0 aliphatic rings. The molecule has 0 bridgehead atoms. The van der Waals surface area contributed by atoms with Gasteiger partial charge in [-0.05, 0) is 69.1 Å². The number of alkyl halides is 3. The van der Waals surface area contributed by atoms with Crippen molar-refractivity contribution in [3.8, 4) is 10.6 Å². The number of H-pyrrole nitrogens is 1. The molecule has 1 atom stereocenters. The van der Waals surface area contributed by atoms with E-state index >= 15 is 0 Å². The molecule has 192 valence electrons. The van der Waals surface area contributed by atoms with Gasteiger partial charge in [0.2, 0.25) is 5.13 Å². The summed E-state index contributed by atoms with van der Waals surface area (Å²) in [6.45, 7) is 8.54. The second-order valence-corrected chi connectivity index (χ2v) is 9.94. The van der Waals surface area contributed by atoms with Crippen LogP contribution in [0.5, 0.6) is 0 Å². The second kappa shape index (κ2) is 11.4. The van der Waals surface area contributed by atoms with E-state index in [1.807, 2.05) is 19.1 Å². The molecular formula is C26H31F3N6S. The number of halogens is 3. The first-order valence-electron chi connectivity index (χ1n) is 12.2. The van der Waals surface area contributed by atoms with Gasteiger partial charge in [-0.25, -0.2) is 0 Å². The van der Waals surface area contributed by atoms with E-state index in [0.717, 1.165) is 59.2 Å². The van der Waals surface area contributed by atoms with Crippen LogP contribution >= 0.6 is 11.3 Å².